The first-order chi connectivity index (χ1) is 9.61. The average Bonchev–Trinajstić information content (AvgIpc) is 2.63. The third kappa shape index (κ3) is 1.73. The third-order valence-corrected chi connectivity index (χ3v) is 6.43. The number of aryl methyl sites for hydroxylation is 1. The van der Waals surface area contributed by atoms with Crippen LogP contribution in [0.3, 0.4) is 0 Å². The smallest absolute Gasteiger partial charge is 0.0453 e. The van der Waals surface area contributed by atoms with Gasteiger partial charge in [-0.2, -0.15) is 0 Å². The minimum atomic E-state index is 0.468. The van der Waals surface area contributed by atoms with E-state index in [-0.39, 0.29) is 0 Å². The molecule has 4 aliphatic rings. The summed E-state index contributed by atoms with van der Waals surface area (Å²) in [5, 5.41) is 0. The van der Waals surface area contributed by atoms with Crippen molar-refractivity contribution < 1.29 is 0 Å². The summed E-state index contributed by atoms with van der Waals surface area (Å²) in [5.41, 5.74) is 10.7. The summed E-state index contributed by atoms with van der Waals surface area (Å²) in [5.74, 6) is 3.04. The Morgan fingerprint density at radius 1 is 1.10 bits per heavy atom. The molecule has 0 atom stereocenters. The van der Waals surface area contributed by atoms with Crippen LogP contribution < -0.4 is 5.73 Å². The van der Waals surface area contributed by atoms with Crippen molar-refractivity contribution in [2.75, 3.05) is 6.54 Å². The molecule has 1 heterocycles. The Kier molecular flexibility index (Phi) is 2.82. The van der Waals surface area contributed by atoms with Gasteiger partial charge in [0, 0.05) is 16.9 Å². The van der Waals surface area contributed by atoms with Gasteiger partial charge < -0.3 is 10.3 Å². The monoisotopic (exact) mass is 272 g/mol. The molecule has 20 heavy (non-hydrogen) atoms. The number of aromatic nitrogens is 1. The number of nitrogens with zero attached hydrogens (tertiary/aromatic N) is 1. The maximum atomic E-state index is 5.79. The second-order valence-corrected chi connectivity index (χ2v) is 7.91. The van der Waals surface area contributed by atoms with Crippen molar-refractivity contribution in [3.63, 3.8) is 0 Å². The summed E-state index contributed by atoms with van der Waals surface area (Å²) < 4.78 is 2.74. The molecule has 0 radical (unpaired) electrons. The van der Waals surface area contributed by atoms with Crippen LogP contribution in [0.1, 0.15) is 55.5 Å². The first-order valence-corrected chi connectivity index (χ1v) is 8.49. The van der Waals surface area contributed by atoms with Gasteiger partial charge in [-0.05, 0) is 94.7 Å². The molecule has 2 nitrogen and oxygen atoms in total. The molecule has 2 N–H and O–H groups in total. The lowest BCUT2D eigenvalue weighted by Crippen LogP contribution is -2.52. The molecule has 110 valence electrons. The Bertz CT molecular complexity index is 490. The summed E-state index contributed by atoms with van der Waals surface area (Å²) >= 11 is 0. The van der Waals surface area contributed by atoms with E-state index in [1.54, 1.807) is 0 Å². The molecule has 0 saturated heterocycles. The van der Waals surface area contributed by atoms with E-state index >= 15 is 0 Å². The molecule has 4 saturated carbocycles. The predicted octanol–water partition coefficient (Wildman–Crippen LogP) is 3.53. The summed E-state index contributed by atoms with van der Waals surface area (Å²) in [6.07, 6.45) is 9.93. The highest BCUT2D eigenvalue weighted by atomic mass is 15.1. The van der Waals surface area contributed by atoms with Crippen LogP contribution in [0.4, 0.5) is 0 Å². The van der Waals surface area contributed by atoms with E-state index < -0.39 is 0 Å². The van der Waals surface area contributed by atoms with Crippen molar-refractivity contribution in [2.45, 2.75) is 64.3 Å². The van der Waals surface area contributed by atoms with Crippen molar-refractivity contribution in [1.29, 1.82) is 0 Å². The van der Waals surface area contributed by atoms with Crippen LogP contribution >= 0.6 is 0 Å². The minimum Gasteiger partial charge on any atom is -0.343 e. The van der Waals surface area contributed by atoms with Crippen molar-refractivity contribution in [2.24, 2.45) is 23.5 Å². The van der Waals surface area contributed by atoms with Gasteiger partial charge in [0.2, 0.25) is 0 Å². The molecular formula is C18H28N2. The molecule has 0 aliphatic heterocycles. The molecule has 0 spiro atoms. The molecule has 4 bridgehead atoms. The summed E-state index contributed by atoms with van der Waals surface area (Å²) in [7, 11) is 0. The van der Waals surface area contributed by atoms with Gasteiger partial charge in [-0.3, -0.25) is 0 Å². The molecule has 1 aromatic rings. The van der Waals surface area contributed by atoms with Gasteiger partial charge in [0.05, 0.1) is 0 Å². The zero-order valence-electron chi connectivity index (χ0n) is 13.0. The van der Waals surface area contributed by atoms with Gasteiger partial charge in [-0.25, -0.2) is 0 Å². The molecule has 0 aromatic carbocycles. The van der Waals surface area contributed by atoms with Crippen molar-refractivity contribution in [3.8, 4) is 0 Å². The Labute approximate surface area is 122 Å². The van der Waals surface area contributed by atoms with E-state index in [1.807, 2.05) is 0 Å². The highest BCUT2D eigenvalue weighted by Gasteiger charge is 2.52. The Hall–Kier alpha value is -0.760. The van der Waals surface area contributed by atoms with Gasteiger partial charge in [-0.1, -0.05) is 0 Å². The summed E-state index contributed by atoms with van der Waals surface area (Å²) in [6.45, 7) is 5.41. The van der Waals surface area contributed by atoms with Crippen molar-refractivity contribution in [3.05, 3.63) is 23.0 Å². The van der Waals surface area contributed by atoms with Crippen LogP contribution in [-0.2, 0) is 12.0 Å². The fraction of sp³-hybridized carbons (Fsp3) is 0.778. The van der Waals surface area contributed by atoms with E-state index in [0.29, 0.717) is 5.54 Å². The van der Waals surface area contributed by atoms with E-state index in [0.717, 1.165) is 30.7 Å². The lowest BCUT2D eigenvalue weighted by Gasteiger charge is -2.58. The maximum absolute atomic E-state index is 5.79. The third-order valence-electron chi connectivity index (χ3n) is 6.43. The molecule has 0 unspecified atom stereocenters. The minimum absolute atomic E-state index is 0.468. The number of hydrogen-bond acceptors (Lipinski definition) is 1. The van der Waals surface area contributed by atoms with E-state index in [2.05, 4.69) is 24.5 Å². The SMILES string of the molecule is Cc1cc(CCN)c(C)n1C12CC3CC(CC(C3)C1)C2. The Morgan fingerprint density at radius 3 is 2.15 bits per heavy atom. The van der Waals surface area contributed by atoms with Crippen LogP contribution in [0.15, 0.2) is 6.07 Å². The normalized spacial score (nSPS) is 38.6. The zero-order chi connectivity index (χ0) is 13.9. The predicted molar refractivity (Wildman–Crippen MR) is 82.8 cm³/mol. The van der Waals surface area contributed by atoms with Crippen LogP contribution in [0, 0.1) is 31.6 Å². The molecule has 2 heteroatoms. The Balaban J connectivity index is 1.77. The number of rotatable bonds is 3. The molecular weight excluding hydrogens is 244 g/mol. The molecule has 1 aromatic heterocycles. The van der Waals surface area contributed by atoms with Gasteiger partial charge in [0.1, 0.15) is 0 Å². The number of hydrogen-bond donors (Lipinski definition) is 1. The highest BCUT2D eigenvalue weighted by molar-refractivity contribution is 5.30. The largest absolute Gasteiger partial charge is 0.343 e. The van der Waals surface area contributed by atoms with Crippen LogP contribution in [0.25, 0.3) is 0 Å². The van der Waals surface area contributed by atoms with Crippen LogP contribution in [0.2, 0.25) is 0 Å². The second-order valence-electron chi connectivity index (χ2n) is 7.91. The van der Waals surface area contributed by atoms with Gasteiger partial charge in [0.25, 0.3) is 0 Å². The van der Waals surface area contributed by atoms with Crippen molar-refractivity contribution in [1.82, 2.24) is 4.57 Å². The van der Waals surface area contributed by atoms with E-state index in [4.69, 9.17) is 5.73 Å². The van der Waals surface area contributed by atoms with Crippen LogP contribution in [0.5, 0.6) is 0 Å². The topological polar surface area (TPSA) is 30.9 Å². The molecule has 0 amide bonds. The lowest BCUT2D eigenvalue weighted by atomic mass is 9.53. The fourth-order valence-electron chi connectivity index (χ4n) is 6.31. The first kappa shape index (κ1) is 12.9. The van der Waals surface area contributed by atoms with E-state index in [9.17, 15) is 0 Å². The lowest BCUT2D eigenvalue weighted by molar-refractivity contribution is -0.0447. The van der Waals surface area contributed by atoms with Gasteiger partial charge in [-0.15, -0.1) is 0 Å². The number of nitrogens with two attached hydrogens (primary N) is 1. The van der Waals surface area contributed by atoms with Crippen molar-refractivity contribution >= 4 is 0 Å². The summed E-state index contributed by atoms with van der Waals surface area (Å²) in [6, 6.07) is 2.40. The highest BCUT2D eigenvalue weighted by Crippen LogP contribution is 2.59. The molecule has 4 fully saturated rings. The quantitative estimate of drug-likeness (QED) is 0.896. The standard InChI is InChI=1S/C18H28N2/c1-12-5-17(3-4-19)13(2)20(12)18-9-14-6-15(10-18)8-16(7-14)11-18/h5,14-16H,3-4,6-11,19H2,1-2H3. The molecule has 5 rings (SSSR count). The summed E-state index contributed by atoms with van der Waals surface area (Å²) in [4.78, 5) is 0. The second kappa shape index (κ2) is 4.37. The fourth-order valence-corrected chi connectivity index (χ4v) is 6.31. The average molecular weight is 272 g/mol. The maximum Gasteiger partial charge on any atom is 0.0453 e. The van der Waals surface area contributed by atoms with Crippen LogP contribution in [-0.4, -0.2) is 11.1 Å². The van der Waals surface area contributed by atoms with Gasteiger partial charge in [0.15, 0.2) is 0 Å². The molecule has 4 aliphatic carbocycles. The Morgan fingerprint density at radius 2 is 1.65 bits per heavy atom. The van der Waals surface area contributed by atoms with Gasteiger partial charge >= 0.3 is 0 Å². The zero-order valence-corrected chi connectivity index (χ0v) is 13.0. The first-order valence-electron chi connectivity index (χ1n) is 8.49. The van der Waals surface area contributed by atoms with E-state index in [1.165, 1.54) is 55.5 Å².